The van der Waals surface area contributed by atoms with Crippen molar-refractivity contribution in [2.75, 3.05) is 18.5 Å². The molecule has 0 heterocycles. The Labute approximate surface area is 109 Å². The molecular formula is C15H23FN2. The van der Waals surface area contributed by atoms with Crippen LogP contribution in [0.15, 0.2) is 18.2 Å². The van der Waals surface area contributed by atoms with E-state index in [-0.39, 0.29) is 5.82 Å². The van der Waals surface area contributed by atoms with E-state index in [1.54, 1.807) is 12.1 Å². The Morgan fingerprint density at radius 3 is 2.78 bits per heavy atom. The molecule has 3 heteroatoms. The van der Waals surface area contributed by atoms with Gasteiger partial charge in [0, 0.05) is 31.9 Å². The first-order valence-electron chi connectivity index (χ1n) is 6.93. The third kappa shape index (κ3) is 3.98. The Morgan fingerprint density at radius 2 is 2.11 bits per heavy atom. The second kappa shape index (κ2) is 6.19. The maximum atomic E-state index is 13.6. The van der Waals surface area contributed by atoms with Gasteiger partial charge in [0.1, 0.15) is 5.82 Å². The third-order valence-corrected chi connectivity index (χ3v) is 3.40. The van der Waals surface area contributed by atoms with Gasteiger partial charge >= 0.3 is 0 Å². The van der Waals surface area contributed by atoms with E-state index >= 15 is 0 Å². The third-order valence-electron chi connectivity index (χ3n) is 3.40. The molecule has 0 saturated heterocycles. The minimum absolute atomic E-state index is 0.136. The van der Waals surface area contributed by atoms with Gasteiger partial charge in [0.05, 0.1) is 0 Å². The number of nitrogens with one attached hydrogen (secondary N) is 1. The van der Waals surface area contributed by atoms with Crippen molar-refractivity contribution >= 4 is 5.69 Å². The number of hydrogen-bond donors (Lipinski definition) is 1. The average molecular weight is 250 g/mol. The summed E-state index contributed by atoms with van der Waals surface area (Å²) >= 11 is 0. The predicted molar refractivity (Wildman–Crippen MR) is 74.4 cm³/mol. The number of benzene rings is 1. The van der Waals surface area contributed by atoms with Gasteiger partial charge in [0.15, 0.2) is 0 Å². The average Bonchev–Trinajstić information content (AvgIpc) is 3.17. The van der Waals surface area contributed by atoms with E-state index in [0.717, 1.165) is 37.2 Å². The van der Waals surface area contributed by atoms with E-state index < -0.39 is 0 Å². The molecule has 0 spiro atoms. The van der Waals surface area contributed by atoms with Crippen molar-refractivity contribution in [1.82, 2.24) is 5.32 Å². The quantitative estimate of drug-likeness (QED) is 0.798. The van der Waals surface area contributed by atoms with E-state index in [2.05, 4.69) is 23.2 Å². The number of anilines is 1. The van der Waals surface area contributed by atoms with Gasteiger partial charge in [-0.15, -0.1) is 0 Å². The Bertz CT molecular complexity index is 388. The minimum Gasteiger partial charge on any atom is -0.375 e. The van der Waals surface area contributed by atoms with E-state index in [9.17, 15) is 4.39 Å². The lowest BCUT2D eigenvalue weighted by molar-refractivity contribution is 0.618. The van der Waals surface area contributed by atoms with Crippen molar-refractivity contribution < 1.29 is 4.39 Å². The summed E-state index contributed by atoms with van der Waals surface area (Å²) in [5.41, 5.74) is 2.02. The van der Waals surface area contributed by atoms with Crippen molar-refractivity contribution in [3.8, 4) is 0 Å². The number of unbranched alkanes of at least 4 members (excludes halogenated alkanes) is 1. The van der Waals surface area contributed by atoms with Gasteiger partial charge in [0.25, 0.3) is 0 Å². The second-order valence-corrected chi connectivity index (χ2v) is 5.25. The molecule has 1 aromatic rings. The second-order valence-electron chi connectivity index (χ2n) is 5.25. The highest BCUT2D eigenvalue weighted by molar-refractivity contribution is 5.48. The van der Waals surface area contributed by atoms with Crippen molar-refractivity contribution in [1.29, 1.82) is 0 Å². The molecule has 0 bridgehead atoms. The first kappa shape index (κ1) is 13.3. The maximum absolute atomic E-state index is 13.6. The summed E-state index contributed by atoms with van der Waals surface area (Å²) in [7, 11) is 2.03. The van der Waals surface area contributed by atoms with E-state index in [4.69, 9.17) is 0 Å². The molecule has 0 unspecified atom stereocenters. The summed E-state index contributed by atoms with van der Waals surface area (Å²) in [5.74, 6) is -0.136. The largest absolute Gasteiger partial charge is 0.375 e. The summed E-state index contributed by atoms with van der Waals surface area (Å²) in [4.78, 5) is 2.13. The lowest BCUT2D eigenvalue weighted by atomic mass is 10.1. The van der Waals surface area contributed by atoms with Crippen molar-refractivity contribution in [2.24, 2.45) is 0 Å². The van der Waals surface area contributed by atoms with Gasteiger partial charge in [-0.1, -0.05) is 13.3 Å². The van der Waals surface area contributed by atoms with Crippen LogP contribution >= 0.6 is 0 Å². The molecular weight excluding hydrogens is 227 g/mol. The predicted octanol–water partition coefficient (Wildman–Crippen LogP) is 3.31. The molecule has 1 saturated carbocycles. The summed E-state index contributed by atoms with van der Waals surface area (Å²) in [6, 6.07) is 6.01. The highest BCUT2D eigenvalue weighted by Crippen LogP contribution is 2.21. The molecule has 0 atom stereocenters. The molecule has 2 rings (SSSR count). The summed E-state index contributed by atoms with van der Waals surface area (Å²) in [5, 5.41) is 3.42. The first-order chi connectivity index (χ1) is 8.69. The molecule has 0 amide bonds. The molecule has 0 aromatic heterocycles. The number of halogens is 1. The molecule has 0 aliphatic heterocycles. The number of nitrogens with zero attached hydrogens (tertiary/aromatic N) is 1. The Hall–Kier alpha value is -1.09. The van der Waals surface area contributed by atoms with Crippen LogP contribution in [0.5, 0.6) is 0 Å². The Balaban J connectivity index is 1.99. The smallest absolute Gasteiger partial charge is 0.125 e. The molecule has 1 aromatic carbocycles. The van der Waals surface area contributed by atoms with E-state index in [1.165, 1.54) is 12.8 Å². The first-order valence-corrected chi connectivity index (χ1v) is 6.93. The SMILES string of the molecule is CCCCN(C)c1cc(F)cc(CNC2CC2)c1. The zero-order valence-electron chi connectivity index (χ0n) is 11.4. The van der Waals surface area contributed by atoms with Crippen LogP contribution in [0.25, 0.3) is 0 Å². The maximum Gasteiger partial charge on any atom is 0.125 e. The number of rotatable bonds is 7. The van der Waals surface area contributed by atoms with Crippen LogP contribution in [-0.2, 0) is 6.54 Å². The highest BCUT2D eigenvalue weighted by atomic mass is 19.1. The zero-order valence-corrected chi connectivity index (χ0v) is 11.4. The zero-order chi connectivity index (χ0) is 13.0. The number of hydrogen-bond acceptors (Lipinski definition) is 2. The Morgan fingerprint density at radius 1 is 1.33 bits per heavy atom. The fraction of sp³-hybridized carbons (Fsp3) is 0.600. The van der Waals surface area contributed by atoms with Crippen LogP contribution in [0.1, 0.15) is 38.2 Å². The van der Waals surface area contributed by atoms with E-state index in [0.29, 0.717) is 6.04 Å². The minimum atomic E-state index is -0.136. The lowest BCUT2D eigenvalue weighted by Crippen LogP contribution is -2.20. The fourth-order valence-corrected chi connectivity index (χ4v) is 2.03. The molecule has 1 aliphatic rings. The lowest BCUT2D eigenvalue weighted by Gasteiger charge is -2.20. The van der Waals surface area contributed by atoms with Gasteiger partial charge in [-0.3, -0.25) is 0 Å². The topological polar surface area (TPSA) is 15.3 Å². The molecule has 100 valence electrons. The van der Waals surface area contributed by atoms with Gasteiger partial charge in [-0.25, -0.2) is 4.39 Å². The van der Waals surface area contributed by atoms with Crippen LogP contribution in [0.3, 0.4) is 0 Å². The molecule has 2 nitrogen and oxygen atoms in total. The summed E-state index contributed by atoms with van der Waals surface area (Å²) in [6.07, 6.45) is 4.83. The molecule has 18 heavy (non-hydrogen) atoms. The summed E-state index contributed by atoms with van der Waals surface area (Å²) in [6.45, 7) is 3.93. The van der Waals surface area contributed by atoms with Gasteiger partial charge in [-0.2, -0.15) is 0 Å². The molecule has 1 fully saturated rings. The van der Waals surface area contributed by atoms with Gasteiger partial charge < -0.3 is 10.2 Å². The van der Waals surface area contributed by atoms with Crippen LogP contribution < -0.4 is 10.2 Å². The normalized spacial score (nSPS) is 14.8. The van der Waals surface area contributed by atoms with Crippen LogP contribution in [0.2, 0.25) is 0 Å². The molecule has 1 aliphatic carbocycles. The summed E-state index contributed by atoms with van der Waals surface area (Å²) < 4.78 is 13.6. The van der Waals surface area contributed by atoms with Crippen LogP contribution in [0, 0.1) is 5.82 Å². The Kier molecular flexibility index (Phi) is 4.59. The van der Waals surface area contributed by atoms with E-state index in [1.807, 2.05) is 7.05 Å². The standard InChI is InChI=1S/C15H23FN2/c1-3-4-7-18(2)15-9-12(8-13(16)10-15)11-17-14-5-6-14/h8-10,14,17H,3-7,11H2,1-2H3. The van der Waals surface area contributed by atoms with Crippen molar-refractivity contribution in [3.63, 3.8) is 0 Å². The van der Waals surface area contributed by atoms with Gasteiger partial charge in [0.2, 0.25) is 0 Å². The van der Waals surface area contributed by atoms with Crippen LogP contribution in [-0.4, -0.2) is 19.6 Å². The van der Waals surface area contributed by atoms with Crippen molar-refractivity contribution in [2.45, 2.75) is 45.2 Å². The molecule has 1 N–H and O–H groups in total. The fourth-order valence-electron chi connectivity index (χ4n) is 2.03. The molecule has 0 radical (unpaired) electrons. The highest BCUT2D eigenvalue weighted by Gasteiger charge is 2.20. The van der Waals surface area contributed by atoms with Gasteiger partial charge in [-0.05, 0) is 43.0 Å². The van der Waals surface area contributed by atoms with Crippen molar-refractivity contribution in [3.05, 3.63) is 29.6 Å². The monoisotopic (exact) mass is 250 g/mol. The van der Waals surface area contributed by atoms with Crippen LogP contribution in [0.4, 0.5) is 10.1 Å².